The van der Waals surface area contributed by atoms with Gasteiger partial charge in [-0.05, 0) is 37.6 Å². The Bertz CT molecular complexity index is 1060. The minimum atomic E-state index is -0.376. The normalized spacial score (nSPS) is 11.2. The number of ketones is 1. The number of benzene rings is 1. The number of Topliss-reactive ketones (excluding diaryl/α,β-unsaturated/α-hetero) is 1. The Morgan fingerprint density at radius 3 is 2.66 bits per heavy atom. The summed E-state index contributed by atoms with van der Waals surface area (Å²) in [5, 5.41) is 0.563. The molecule has 29 heavy (non-hydrogen) atoms. The fraction of sp³-hybridized carbons (Fsp3) is 0.143. The van der Waals surface area contributed by atoms with E-state index in [9.17, 15) is 13.6 Å². The Morgan fingerprint density at radius 1 is 1.24 bits per heavy atom. The van der Waals surface area contributed by atoms with Crippen LogP contribution in [0.25, 0.3) is 5.65 Å². The summed E-state index contributed by atoms with van der Waals surface area (Å²) in [5.74, 6) is -0.224. The number of hydrogen-bond acceptors (Lipinski definition) is 3. The maximum absolute atomic E-state index is 13.0. The van der Waals surface area contributed by atoms with Gasteiger partial charge in [0.2, 0.25) is 0 Å². The van der Waals surface area contributed by atoms with Crippen molar-refractivity contribution in [2.24, 2.45) is 0 Å². The number of halogens is 2. The summed E-state index contributed by atoms with van der Waals surface area (Å²) < 4.78 is 27.6. The van der Waals surface area contributed by atoms with Gasteiger partial charge < -0.3 is 10.1 Å². The van der Waals surface area contributed by atoms with Gasteiger partial charge in [0.05, 0.1) is 6.20 Å². The number of pyridine rings is 1. The fourth-order valence-corrected chi connectivity index (χ4v) is 3.19. The molecule has 2 aromatic heterocycles. The molecule has 0 aliphatic carbocycles. The van der Waals surface area contributed by atoms with E-state index in [2.05, 4.69) is 23.5 Å². The highest BCUT2D eigenvalue weighted by atomic mass is 31.0. The molecule has 0 aliphatic heterocycles. The van der Waals surface area contributed by atoms with Gasteiger partial charge in [-0.1, -0.05) is 24.3 Å². The molecule has 0 saturated heterocycles. The van der Waals surface area contributed by atoms with Crippen molar-refractivity contribution in [1.29, 1.82) is 0 Å². The minimum Gasteiger partial charge on any atom is -0.382 e. The van der Waals surface area contributed by atoms with Crippen molar-refractivity contribution in [1.82, 2.24) is 9.38 Å². The van der Waals surface area contributed by atoms with Crippen LogP contribution in [-0.2, 0) is 0 Å². The van der Waals surface area contributed by atoms with Crippen LogP contribution in [0.15, 0.2) is 54.9 Å². The van der Waals surface area contributed by atoms with Crippen molar-refractivity contribution >= 4 is 46.3 Å². The van der Waals surface area contributed by atoms with Crippen LogP contribution >= 0.6 is 18.5 Å². The van der Waals surface area contributed by atoms with Crippen LogP contribution in [0.3, 0.4) is 0 Å². The Morgan fingerprint density at radius 2 is 1.97 bits per heavy atom. The maximum atomic E-state index is 13.0. The van der Waals surface area contributed by atoms with Gasteiger partial charge in [0.15, 0.2) is 5.78 Å². The first-order valence-electron chi connectivity index (χ1n) is 8.79. The molecular formula is C21H23F2N3OP2. The number of rotatable bonds is 4. The zero-order chi connectivity index (χ0) is 21.6. The summed E-state index contributed by atoms with van der Waals surface area (Å²) in [6.07, 6.45) is 11.4. The van der Waals surface area contributed by atoms with E-state index in [-0.39, 0.29) is 22.7 Å². The second kappa shape index (κ2) is 10.4. The molecule has 3 aromatic rings. The molecule has 152 valence electrons. The van der Waals surface area contributed by atoms with Crippen LogP contribution < -0.4 is 16.3 Å². The zero-order valence-corrected chi connectivity index (χ0v) is 18.5. The molecule has 2 unspecified atom stereocenters. The summed E-state index contributed by atoms with van der Waals surface area (Å²) in [6.45, 7) is 3.48. The molecule has 1 aromatic carbocycles. The lowest BCUT2D eigenvalue weighted by atomic mass is 10.1. The molecule has 0 aliphatic rings. The van der Waals surface area contributed by atoms with Crippen LogP contribution in [0.1, 0.15) is 29.3 Å². The van der Waals surface area contributed by atoms with Crippen molar-refractivity contribution in [2.75, 3.05) is 5.73 Å². The monoisotopic (exact) mass is 433 g/mol. The van der Waals surface area contributed by atoms with Crippen molar-refractivity contribution in [3.63, 3.8) is 0 Å². The van der Waals surface area contributed by atoms with Crippen molar-refractivity contribution in [3.8, 4) is 0 Å². The lowest BCUT2D eigenvalue weighted by Gasteiger charge is -2.04. The quantitative estimate of drug-likeness (QED) is 0.386. The third-order valence-electron chi connectivity index (χ3n) is 4.07. The first kappa shape index (κ1) is 22.9. The average molecular weight is 433 g/mol. The molecule has 0 fully saturated rings. The van der Waals surface area contributed by atoms with E-state index in [0.29, 0.717) is 28.7 Å². The Balaban J connectivity index is 0.000000234. The molecule has 2 atom stereocenters. The molecule has 0 amide bonds. The summed E-state index contributed by atoms with van der Waals surface area (Å²) in [6, 6.07) is 4.73. The number of nitrogens with two attached hydrogens (primary N) is 1. The molecule has 2 N–H and O–H groups in total. The molecule has 8 heteroatoms. The van der Waals surface area contributed by atoms with Crippen LogP contribution in [0.2, 0.25) is 0 Å². The average Bonchev–Trinajstić information content (AvgIpc) is 3.07. The van der Waals surface area contributed by atoms with E-state index in [1.54, 1.807) is 35.9 Å². The van der Waals surface area contributed by atoms with E-state index >= 15 is 0 Å². The molecular weight excluding hydrogens is 410 g/mol. The lowest BCUT2D eigenvalue weighted by molar-refractivity contribution is 0.0995. The second-order valence-corrected chi connectivity index (χ2v) is 7.43. The number of carbonyl (C=O) groups is 1. The zero-order valence-electron chi connectivity index (χ0n) is 16.2. The largest absolute Gasteiger partial charge is 0.382 e. The van der Waals surface area contributed by atoms with Crippen LogP contribution in [0.5, 0.6) is 0 Å². The van der Waals surface area contributed by atoms with Gasteiger partial charge in [-0.2, -0.15) is 0 Å². The molecule has 4 nitrogen and oxygen atoms in total. The Labute approximate surface area is 173 Å². The fourth-order valence-electron chi connectivity index (χ4n) is 2.42. The Kier molecular flexibility index (Phi) is 8.19. The molecule has 3 rings (SSSR count). The molecule has 0 bridgehead atoms. The number of allylic oxidation sites excluding steroid dienone is 4. The van der Waals surface area contributed by atoms with Gasteiger partial charge in [-0.25, -0.2) is 13.8 Å². The first-order valence-corrected chi connectivity index (χ1v) is 9.94. The maximum Gasteiger partial charge on any atom is 0.168 e. The van der Waals surface area contributed by atoms with Gasteiger partial charge in [0, 0.05) is 28.8 Å². The summed E-state index contributed by atoms with van der Waals surface area (Å²) >= 11 is 0. The predicted molar refractivity (Wildman–Crippen MR) is 122 cm³/mol. The van der Waals surface area contributed by atoms with E-state index in [1.165, 1.54) is 6.07 Å². The third kappa shape index (κ3) is 6.03. The summed E-state index contributed by atoms with van der Waals surface area (Å²) in [5.41, 5.74) is 7.34. The smallest absolute Gasteiger partial charge is 0.168 e. The minimum absolute atomic E-state index is 0.0740. The van der Waals surface area contributed by atoms with Crippen LogP contribution in [0, 0.1) is 18.6 Å². The van der Waals surface area contributed by atoms with Crippen molar-refractivity contribution in [3.05, 3.63) is 77.7 Å². The Hall–Kier alpha value is -2.42. The SMILES string of the molecule is C/C=C\C=C/CC(=O)c1ccc2nc(N)cn2c1.Cc1c(F)cc(P)c(F)c1P. The number of fused-ring (bicyclic) bond motifs is 1. The third-order valence-corrected chi connectivity index (χ3v) is 5.18. The standard InChI is InChI=1S/C14H15N3O.C7H8F2P2/c1-2-3-4-5-6-12(18)11-7-8-14-16-13(15)10-17(14)9-11;1-3-4(8)2-5(10)6(9)7(3)11/h2-5,7-10H,6,15H2,1H3;2H,10-11H2,1H3/b3-2-,5-4-;. The number of nitrogens with zero attached hydrogens (tertiary/aromatic N) is 2. The molecule has 0 saturated carbocycles. The van der Waals surface area contributed by atoms with Crippen LogP contribution in [-0.4, -0.2) is 15.2 Å². The molecule has 2 heterocycles. The van der Waals surface area contributed by atoms with Crippen molar-refractivity contribution < 1.29 is 13.6 Å². The highest BCUT2D eigenvalue weighted by Crippen LogP contribution is 2.11. The van der Waals surface area contributed by atoms with Gasteiger partial charge in [0.25, 0.3) is 0 Å². The van der Waals surface area contributed by atoms with Gasteiger partial charge in [0.1, 0.15) is 23.1 Å². The van der Waals surface area contributed by atoms with Gasteiger partial charge in [-0.15, -0.1) is 18.5 Å². The molecule has 0 radical (unpaired) electrons. The predicted octanol–water partition coefficient (Wildman–Crippen LogP) is 3.90. The number of anilines is 1. The number of nitrogen functional groups attached to an aromatic ring is 1. The van der Waals surface area contributed by atoms with Crippen molar-refractivity contribution in [2.45, 2.75) is 20.3 Å². The van der Waals surface area contributed by atoms with E-state index in [1.807, 2.05) is 31.2 Å². The topological polar surface area (TPSA) is 60.4 Å². The van der Waals surface area contributed by atoms with E-state index in [0.717, 1.165) is 5.65 Å². The summed E-state index contributed by atoms with van der Waals surface area (Å²) in [7, 11) is 4.33. The number of carbonyl (C=O) groups excluding carboxylic acids is 1. The number of imidazole rings is 1. The highest BCUT2D eigenvalue weighted by molar-refractivity contribution is 7.29. The van der Waals surface area contributed by atoms with Crippen LogP contribution in [0.4, 0.5) is 14.6 Å². The van der Waals surface area contributed by atoms with E-state index < -0.39 is 0 Å². The second-order valence-electron chi connectivity index (χ2n) is 6.23. The van der Waals surface area contributed by atoms with Gasteiger partial charge >= 0.3 is 0 Å². The molecule has 0 spiro atoms. The first-order chi connectivity index (χ1) is 13.7. The lowest BCUT2D eigenvalue weighted by Crippen LogP contribution is -2.15. The van der Waals surface area contributed by atoms with E-state index in [4.69, 9.17) is 5.73 Å². The summed E-state index contributed by atoms with van der Waals surface area (Å²) in [4.78, 5) is 16.0. The number of hydrogen-bond donors (Lipinski definition) is 1. The highest BCUT2D eigenvalue weighted by Gasteiger charge is 2.09. The van der Waals surface area contributed by atoms with Gasteiger partial charge in [-0.3, -0.25) is 4.79 Å². The number of aromatic nitrogens is 2.